The molecule has 1 aliphatic rings. The topological polar surface area (TPSA) is 175 Å². The van der Waals surface area contributed by atoms with Gasteiger partial charge in [0.1, 0.15) is 18.8 Å². The van der Waals surface area contributed by atoms with Crippen molar-refractivity contribution in [1.82, 2.24) is 0 Å². The number of rotatable bonds is 50. The van der Waals surface area contributed by atoms with Crippen LogP contribution in [0.3, 0.4) is 0 Å². The van der Waals surface area contributed by atoms with E-state index in [0.717, 1.165) is 141 Å². The summed E-state index contributed by atoms with van der Waals surface area (Å²) in [5.74, 6) is -3.27. The number of aliphatic hydroxyl groups excluding tert-OH is 2. The molecule has 1 aliphatic heterocycles. The van der Waals surface area contributed by atoms with Crippen LogP contribution in [0.5, 0.6) is 0 Å². The van der Waals surface area contributed by atoms with Crippen molar-refractivity contribution in [2.75, 3.05) is 13.2 Å². The molecule has 1 heterocycles. The van der Waals surface area contributed by atoms with Gasteiger partial charge in [-0.3, -0.25) is 14.4 Å². The summed E-state index contributed by atoms with van der Waals surface area (Å²) >= 11 is 0. The molecule has 446 valence electrons. The summed E-state index contributed by atoms with van der Waals surface area (Å²) in [6.07, 6.45) is 61.8. The molecule has 0 bridgehead atoms. The number of unbranched alkanes of at least 4 members (excludes halogenated alkanes) is 16. The second-order valence-electron chi connectivity index (χ2n) is 20.2. The van der Waals surface area contributed by atoms with Gasteiger partial charge in [0.2, 0.25) is 0 Å². The van der Waals surface area contributed by atoms with Crippen molar-refractivity contribution in [2.24, 2.45) is 0 Å². The van der Waals surface area contributed by atoms with Gasteiger partial charge < -0.3 is 39.0 Å². The second kappa shape index (κ2) is 53.7. The van der Waals surface area contributed by atoms with Crippen LogP contribution in [-0.4, -0.2) is 89.2 Å². The number of esters is 3. The molecular weight excluding hydrogens is 997 g/mol. The van der Waals surface area contributed by atoms with Crippen molar-refractivity contribution in [3.8, 4) is 0 Å². The molecule has 12 nitrogen and oxygen atoms in total. The molecule has 0 spiro atoms. The number of hydrogen-bond donors (Lipinski definition) is 3. The zero-order valence-electron chi connectivity index (χ0n) is 49.1. The van der Waals surface area contributed by atoms with Gasteiger partial charge in [-0.1, -0.05) is 213 Å². The van der Waals surface area contributed by atoms with Gasteiger partial charge in [0.15, 0.2) is 24.6 Å². The third kappa shape index (κ3) is 43.6. The lowest BCUT2D eigenvalue weighted by Gasteiger charge is -2.40. The highest BCUT2D eigenvalue weighted by molar-refractivity contribution is 5.74. The Hall–Kier alpha value is -4.88. The van der Waals surface area contributed by atoms with Crippen molar-refractivity contribution in [2.45, 2.75) is 263 Å². The lowest BCUT2D eigenvalue weighted by atomic mass is 9.98. The van der Waals surface area contributed by atoms with Gasteiger partial charge in [0.05, 0.1) is 6.61 Å². The van der Waals surface area contributed by atoms with Crippen LogP contribution in [0.2, 0.25) is 0 Å². The van der Waals surface area contributed by atoms with Crippen LogP contribution in [0.25, 0.3) is 0 Å². The lowest BCUT2D eigenvalue weighted by molar-refractivity contribution is -0.301. The highest BCUT2D eigenvalue weighted by atomic mass is 16.7. The summed E-state index contributed by atoms with van der Waals surface area (Å²) in [6.45, 7) is 5.68. The van der Waals surface area contributed by atoms with Gasteiger partial charge >= 0.3 is 23.9 Å². The van der Waals surface area contributed by atoms with E-state index < -0.39 is 67.3 Å². The first kappa shape index (κ1) is 72.1. The molecule has 79 heavy (non-hydrogen) atoms. The predicted molar refractivity (Wildman–Crippen MR) is 321 cm³/mol. The molecule has 1 saturated heterocycles. The number of aliphatic carboxylic acids is 1. The van der Waals surface area contributed by atoms with E-state index in [1.807, 2.05) is 18.2 Å². The van der Waals surface area contributed by atoms with E-state index in [4.69, 9.17) is 23.7 Å². The van der Waals surface area contributed by atoms with Crippen LogP contribution in [0.15, 0.2) is 122 Å². The Balaban J connectivity index is 2.73. The first-order valence-corrected chi connectivity index (χ1v) is 30.5. The third-order valence-electron chi connectivity index (χ3n) is 13.0. The monoisotopic (exact) mass is 1100 g/mol. The van der Waals surface area contributed by atoms with E-state index in [1.165, 1.54) is 19.3 Å². The minimum atomic E-state index is -1.94. The molecule has 12 heteroatoms. The number of carboxylic acid groups (broad SMARTS) is 1. The van der Waals surface area contributed by atoms with Gasteiger partial charge in [0.25, 0.3) is 0 Å². The lowest BCUT2D eigenvalue weighted by Crippen LogP contribution is -2.61. The Bertz CT molecular complexity index is 1840. The van der Waals surface area contributed by atoms with Crippen LogP contribution >= 0.6 is 0 Å². The zero-order valence-corrected chi connectivity index (χ0v) is 49.1. The third-order valence-corrected chi connectivity index (χ3v) is 13.0. The van der Waals surface area contributed by atoms with Gasteiger partial charge in [0, 0.05) is 19.3 Å². The number of allylic oxidation sites excluding steroid dienone is 20. The first-order valence-electron chi connectivity index (χ1n) is 30.5. The van der Waals surface area contributed by atoms with Gasteiger partial charge in [-0.15, -0.1) is 0 Å². The summed E-state index contributed by atoms with van der Waals surface area (Å²) < 4.78 is 28.3. The Morgan fingerprint density at radius 1 is 0.430 bits per heavy atom. The van der Waals surface area contributed by atoms with E-state index in [2.05, 4.69) is 124 Å². The first-order chi connectivity index (χ1) is 38.6. The van der Waals surface area contributed by atoms with Gasteiger partial charge in [-0.05, 0) is 116 Å². The molecule has 0 aromatic carbocycles. The molecule has 6 unspecified atom stereocenters. The molecular formula is C67H106O12. The normalized spacial score (nSPS) is 18.7. The molecule has 0 saturated carbocycles. The smallest absolute Gasteiger partial charge is 0.335 e. The molecule has 0 radical (unpaired) electrons. The van der Waals surface area contributed by atoms with Crippen LogP contribution in [0.4, 0.5) is 0 Å². The fraction of sp³-hybridized carbons (Fsp3) is 0.642. The number of hydrogen-bond acceptors (Lipinski definition) is 11. The largest absolute Gasteiger partial charge is 0.479 e. The van der Waals surface area contributed by atoms with E-state index in [-0.39, 0.29) is 25.9 Å². The molecule has 0 amide bonds. The second-order valence-corrected chi connectivity index (χ2v) is 20.2. The average Bonchev–Trinajstić information content (AvgIpc) is 3.44. The minimum Gasteiger partial charge on any atom is -0.479 e. The number of aliphatic hydroxyl groups is 2. The highest BCUT2D eigenvalue weighted by Gasteiger charge is 2.50. The van der Waals surface area contributed by atoms with Crippen LogP contribution in [-0.2, 0) is 42.9 Å². The van der Waals surface area contributed by atoms with E-state index in [1.54, 1.807) is 0 Å². The van der Waals surface area contributed by atoms with E-state index >= 15 is 0 Å². The Morgan fingerprint density at radius 2 is 0.823 bits per heavy atom. The molecule has 6 atom stereocenters. The van der Waals surface area contributed by atoms with Gasteiger partial charge in [-0.25, -0.2) is 4.79 Å². The fourth-order valence-corrected chi connectivity index (χ4v) is 8.40. The molecule has 0 aliphatic carbocycles. The Kier molecular flexibility index (Phi) is 49.1. The van der Waals surface area contributed by atoms with Crippen LogP contribution in [0, 0.1) is 0 Å². The Morgan fingerprint density at radius 3 is 1.27 bits per heavy atom. The summed E-state index contributed by atoms with van der Waals surface area (Å²) in [5.41, 5.74) is 0. The maximum Gasteiger partial charge on any atom is 0.335 e. The summed E-state index contributed by atoms with van der Waals surface area (Å²) in [4.78, 5) is 51.2. The van der Waals surface area contributed by atoms with Crippen molar-refractivity contribution in [3.05, 3.63) is 122 Å². The highest BCUT2D eigenvalue weighted by Crippen LogP contribution is 2.26. The zero-order chi connectivity index (χ0) is 57.5. The molecule has 0 aromatic heterocycles. The van der Waals surface area contributed by atoms with Crippen molar-refractivity contribution in [1.29, 1.82) is 0 Å². The van der Waals surface area contributed by atoms with Gasteiger partial charge in [-0.2, -0.15) is 0 Å². The van der Waals surface area contributed by atoms with Crippen molar-refractivity contribution in [3.63, 3.8) is 0 Å². The summed E-state index contributed by atoms with van der Waals surface area (Å²) in [5, 5.41) is 31.5. The summed E-state index contributed by atoms with van der Waals surface area (Å²) in [7, 11) is 0. The van der Waals surface area contributed by atoms with E-state index in [0.29, 0.717) is 25.7 Å². The summed E-state index contributed by atoms with van der Waals surface area (Å²) in [6, 6.07) is 0. The molecule has 1 rings (SSSR count). The molecule has 3 N–H and O–H groups in total. The van der Waals surface area contributed by atoms with Crippen molar-refractivity contribution >= 4 is 23.9 Å². The standard InChI is InChI=1S/C67H106O12/c1-4-7-10-13-16-19-22-25-27-29-30-32-33-36-38-41-44-47-50-53-59(68)75-56-58(77-60(69)54-51-48-45-42-40-37-34-31-28-26-23-20-17-14-11-8-5-2)57-76-67-65(63(72)62(71)64(79-67)66(73)74)78-61(70)55-52-49-46-43-39-35-24-21-18-15-12-9-6-3/h7,9-10,12,16-21,25-28,30,32,35,39,46,49,58,62-65,67,71-72H,4-6,8,11,13-15,22-24,29,31,33-34,36-38,40-45,47-48,50-57H2,1-3H3,(H,73,74)/b10-7-,12-9-,19-16-,20-17-,21-18-,27-25-,28-26-,32-30-,39-35-,49-46-. The van der Waals surface area contributed by atoms with Crippen LogP contribution < -0.4 is 0 Å². The average molecular weight is 1100 g/mol. The number of ether oxygens (including phenoxy) is 5. The molecule has 0 aromatic rings. The Labute approximate surface area is 478 Å². The number of carbonyl (C=O) groups excluding carboxylic acids is 3. The maximum absolute atomic E-state index is 13.2. The predicted octanol–water partition coefficient (Wildman–Crippen LogP) is 16.0. The maximum atomic E-state index is 13.2. The van der Waals surface area contributed by atoms with Crippen molar-refractivity contribution < 1.29 is 58.2 Å². The minimum absolute atomic E-state index is 0.0688. The number of carbonyl (C=O) groups is 4. The SMILES string of the molecule is CC/C=C\C/C=C\C/C=C\C/C=C\CCCCCCCCC(=O)OCC(COC1OC(C(=O)O)C(O)C(O)C1OC(=O)CC/C=C\C/C=C\C/C=C\C/C=C\CC)OC(=O)CCCCCCCCC/C=C\C/C=C\CCCCC. The van der Waals surface area contributed by atoms with Crippen LogP contribution in [0.1, 0.15) is 226 Å². The fourth-order valence-electron chi connectivity index (χ4n) is 8.40. The quantitative estimate of drug-likeness (QED) is 0.0228. The van der Waals surface area contributed by atoms with E-state index in [9.17, 15) is 34.5 Å². The number of carboxylic acids is 1. The molecule has 1 fully saturated rings.